The van der Waals surface area contributed by atoms with Crippen LogP contribution in [0.1, 0.15) is 48.3 Å². The molecule has 1 unspecified atom stereocenters. The molecule has 3 N–H and O–H groups in total. The monoisotopic (exact) mass is 511 g/mol. The Balaban J connectivity index is 1.57. The topological polar surface area (TPSA) is 80.7 Å². The van der Waals surface area contributed by atoms with Crippen LogP contribution in [0.3, 0.4) is 0 Å². The lowest BCUT2D eigenvalue weighted by atomic mass is 9.95. The molecule has 1 fully saturated rings. The summed E-state index contributed by atoms with van der Waals surface area (Å²) in [6.45, 7) is 5.90. The van der Waals surface area contributed by atoms with Crippen molar-refractivity contribution < 1.29 is 14.3 Å². The third-order valence-electron chi connectivity index (χ3n) is 6.49. The van der Waals surface area contributed by atoms with E-state index in [4.69, 9.17) is 4.98 Å². The molecule has 3 aromatic rings. The molecule has 1 aliphatic heterocycles. The summed E-state index contributed by atoms with van der Waals surface area (Å²) >= 11 is 1.39. The number of thiophene rings is 1. The molecule has 1 aliphatic rings. The minimum Gasteiger partial charge on any atom is -0.386 e. The van der Waals surface area contributed by atoms with Crippen LogP contribution in [0.25, 0.3) is 0 Å². The number of aromatic nitrogens is 1. The van der Waals surface area contributed by atoms with Crippen LogP contribution in [-0.4, -0.2) is 59.0 Å². The molecule has 1 saturated heterocycles. The molecule has 0 saturated carbocycles. The molecular weight excluding hydrogens is 477 g/mol. The van der Waals surface area contributed by atoms with E-state index in [1.165, 1.54) is 23.8 Å². The average Bonchev–Trinajstić information content (AvgIpc) is 3.36. The lowest BCUT2D eigenvalue weighted by Crippen LogP contribution is -2.44. The highest BCUT2D eigenvalue weighted by Gasteiger charge is 2.26. The van der Waals surface area contributed by atoms with E-state index in [2.05, 4.69) is 34.5 Å². The van der Waals surface area contributed by atoms with E-state index >= 15 is 4.39 Å². The molecule has 1 atom stereocenters. The molecule has 1 amide bonds. The summed E-state index contributed by atoms with van der Waals surface area (Å²) in [6, 6.07) is 10.9. The number of hydrogen-bond donors (Lipinski definition) is 3. The highest BCUT2D eigenvalue weighted by Crippen LogP contribution is 2.35. The SMILES string of the molecule is CN(C)C1CCCN(Cc2cccc(Nc3c(C(C)(C)O)ccc(NC(=O)c4ccsc4)c3F)n2)C1. The van der Waals surface area contributed by atoms with Gasteiger partial charge in [-0.05, 0) is 77.0 Å². The second kappa shape index (κ2) is 11.0. The van der Waals surface area contributed by atoms with Gasteiger partial charge in [-0.1, -0.05) is 12.1 Å². The molecule has 0 spiro atoms. The highest BCUT2D eigenvalue weighted by molar-refractivity contribution is 7.08. The number of anilines is 3. The van der Waals surface area contributed by atoms with Crippen LogP contribution in [0.4, 0.5) is 21.6 Å². The lowest BCUT2D eigenvalue weighted by molar-refractivity contribution is 0.0791. The normalized spacial score (nSPS) is 16.8. The fourth-order valence-electron chi connectivity index (χ4n) is 4.48. The van der Waals surface area contributed by atoms with Crippen molar-refractivity contribution in [1.82, 2.24) is 14.8 Å². The molecule has 192 valence electrons. The fourth-order valence-corrected chi connectivity index (χ4v) is 5.12. The largest absolute Gasteiger partial charge is 0.386 e. The smallest absolute Gasteiger partial charge is 0.256 e. The van der Waals surface area contributed by atoms with Gasteiger partial charge in [0.2, 0.25) is 0 Å². The van der Waals surface area contributed by atoms with Crippen molar-refractivity contribution in [2.24, 2.45) is 0 Å². The number of likely N-dealkylation sites (N-methyl/N-ethyl adjacent to an activating group) is 1. The maximum atomic E-state index is 15.7. The summed E-state index contributed by atoms with van der Waals surface area (Å²) in [6.07, 6.45) is 2.33. The minimum atomic E-state index is -1.31. The van der Waals surface area contributed by atoms with Gasteiger partial charge in [-0.3, -0.25) is 9.69 Å². The van der Waals surface area contributed by atoms with Gasteiger partial charge in [0.25, 0.3) is 5.91 Å². The first kappa shape index (κ1) is 26.2. The summed E-state index contributed by atoms with van der Waals surface area (Å²) in [5.74, 6) is -0.579. The van der Waals surface area contributed by atoms with E-state index in [9.17, 15) is 9.90 Å². The van der Waals surface area contributed by atoms with E-state index in [1.807, 2.05) is 12.1 Å². The van der Waals surface area contributed by atoms with Gasteiger partial charge in [-0.25, -0.2) is 9.37 Å². The van der Waals surface area contributed by atoms with Gasteiger partial charge in [0.1, 0.15) is 5.82 Å². The Kier molecular flexibility index (Phi) is 8.04. The molecule has 36 heavy (non-hydrogen) atoms. The van der Waals surface area contributed by atoms with Crippen molar-refractivity contribution in [3.63, 3.8) is 0 Å². The number of halogens is 1. The van der Waals surface area contributed by atoms with Crippen molar-refractivity contribution in [3.05, 3.63) is 69.8 Å². The molecule has 1 aromatic carbocycles. The standard InChI is InChI=1S/C27H34FN5O2S/c1-27(2,35)21-10-11-22(30-26(34)18-12-14-36-17-18)24(28)25(21)31-23-9-5-7-19(29-23)15-33-13-6-8-20(16-33)32(3)4/h5,7,9-12,14,17,20,35H,6,8,13,15-16H2,1-4H3,(H,29,31)(H,30,34). The molecular formula is C27H34FN5O2S. The number of carbonyl (C=O) groups excluding carboxylic acids is 1. The summed E-state index contributed by atoms with van der Waals surface area (Å²) in [5.41, 5.74) is 0.508. The predicted octanol–water partition coefficient (Wildman–Crippen LogP) is 5.03. The van der Waals surface area contributed by atoms with Crippen molar-refractivity contribution in [3.8, 4) is 0 Å². The number of hydrogen-bond acceptors (Lipinski definition) is 7. The molecule has 0 radical (unpaired) electrons. The maximum absolute atomic E-state index is 15.7. The molecule has 9 heteroatoms. The second-order valence-electron chi connectivity index (χ2n) is 10.0. The number of nitrogens with zero attached hydrogens (tertiary/aromatic N) is 3. The first-order valence-electron chi connectivity index (χ1n) is 12.1. The van der Waals surface area contributed by atoms with Crippen LogP contribution in [0.15, 0.2) is 47.2 Å². The van der Waals surface area contributed by atoms with Crippen LogP contribution < -0.4 is 10.6 Å². The number of nitrogens with one attached hydrogen (secondary N) is 2. The number of carbonyl (C=O) groups is 1. The van der Waals surface area contributed by atoms with E-state index in [1.54, 1.807) is 42.8 Å². The quantitative estimate of drug-likeness (QED) is 0.394. The van der Waals surface area contributed by atoms with Gasteiger partial charge < -0.3 is 20.6 Å². The third-order valence-corrected chi connectivity index (χ3v) is 7.17. The number of pyridine rings is 1. The summed E-state index contributed by atoms with van der Waals surface area (Å²) in [5, 5.41) is 19.9. The molecule has 0 aliphatic carbocycles. The molecule has 0 bridgehead atoms. The zero-order valence-corrected chi connectivity index (χ0v) is 22.0. The van der Waals surface area contributed by atoms with Crippen molar-refractivity contribution in [1.29, 1.82) is 0 Å². The van der Waals surface area contributed by atoms with Gasteiger partial charge in [-0.15, -0.1) is 0 Å². The van der Waals surface area contributed by atoms with Gasteiger partial charge >= 0.3 is 0 Å². The lowest BCUT2D eigenvalue weighted by Gasteiger charge is -2.36. The summed E-state index contributed by atoms with van der Waals surface area (Å²) in [7, 11) is 4.23. The number of piperidine rings is 1. The van der Waals surface area contributed by atoms with Gasteiger partial charge in [-0.2, -0.15) is 11.3 Å². The number of rotatable bonds is 8. The highest BCUT2D eigenvalue weighted by atomic mass is 32.1. The fraction of sp³-hybridized carbons (Fsp3) is 0.407. The van der Waals surface area contributed by atoms with Crippen molar-refractivity contribution >= 4 is 34.4 Å². The zero-order valence-electron chi connectivity index (χ0n) is 21.2. The Bertz CT molecular complexity index is 1190. The molecule has 2 aromatic heterocycles. The summed E-state index contributed by atoms with van der Waals surface area (Å²) < 4.78 is 15.7. The Morgan fingerprint density at radius 2 is 2.08 bits per heavy atom. The van der Waals surface area contributed by atoms with Gasteiger partial charge in [0, 0.05) is 30.1 Å². The number of likely N-dealkylation sites (tertiary alicyclic amines) is 1. The first-order valence-corrected chi connectivity index (χ1v) is 13.1. The zero-order chi connectivity index (χ0) is 25.9. The van der Waals surface area contributed by atoms with Crippen LogP contribution in [0, 0.1) is 5.82 Å². The Morgan fingerprint density at radius 3 is 2.78 bits per heavy atom. The Labute approximate surface area is 216 Å². The van der Waals surface area contributed by atoms with E-state index in [0.717, 1.165) is 25.2 Å². The van der Waals surface area contributed by atoms with Crippen LogP contribution in [-0.2, 0) is 12.1 Å². The first-order chi connectivity index (χ1) is 17.1. The van der Waals surface area contributed by atoms with Crippen LogP contribution >= 0.6 is 11.3 Å². The Morgan fingerprint density at radius 1 is 1.28 bits per heavy atom. The number of benzene rings is 1. The maximum Gasteiger partial charge on any atom is 0.256 e. The van der Waals surface area contributed by atoms with Crippen molar-refractivity contribution in [2.45, 2.75) is 44.9 Å². The molecule has 7 nitrogen and oxygen atoms in total. The second-order valence-corrected chi connectivity index (χ2v) is 10.8. The Hall–Kier alpha value is -2.85. The van der Waals surface area contributed by atoms with Crippen LogP contribution in [0.5, 0.6) is 0 Å². The summed E-state index contributed by atoms with van der Waals surface area (Å²) in [4.78, 5) is 21.9. The van der Waals surface area contributed by atoms with E-state index < -0.39 is 17.3 Å². The van der Waals surface area contributed by atoms with Gasteiger partial charge in [0.15, 0.2) is 5.82 Å². The van der Waals surface area contributed by atoms with Crippen molar-refractivity contribution in [2.75, 3.05) is 37.8 Å². The molecule has 4 rings (SSSR count). The predicted molar refractivity (Wildman–Crippen MR) is 143 cm³/mol. The minimum absolute atomic E-state index is 0.0286. The van der Waals surface area contributed by atoms with E-state index in [0.29, 0.717) is 29.5 Å². The molecule has 3 heterocycles. The third kappa shape index (κ3) is 6.28. The van der Waals surface area contributed by atoms with E-state index in [-0.39, 0.29) is 11.4 Å². The number of amides is 1. The van der Waals surface area contributed by atoms with Gasteiger partial charge in [0.05, 0.1) is 28.2 Å². The van der Waals surface area contributed by atoms with Crippen LogP contribution in [0.2, 0.25) is 0 Å². The average molecular weight is 512 g/mol. The number of aliphatic hydroxyl groups is 1.